The van der Waals surface area contributed by atoms with E-state index in [2.05, 4.69) is 10.3 Å². The zero-order valence-electron chi connectivity index (χ0n) is 10.5. The molecule has 0 unspecified atom stereocenters. The molecule has 0 aromatic carbocycles. The van der Waals surface area contributed by atoms with Crippen molar-refractivity contribution in [3.05, 3.63) is 24.0 Å². The van der Waals surface area contributed by atoms with Crippen molar-refractivity contribution in [2.75, 3.05) is 25.0 Å². The van der Waals surface area contributed by atoms with E-state index in [0.717, 1.165) is 6.42 Å². The number of aromatic nitrogens is 1. The summed E-state index contributed by atoms with van der Waals surface area (Å²) in [6.07, 6.45) is 3.64. The summed E-state index contributed by atoms with van der Waals surface area (Å²) in [5.74, 6) is -1.20. The zero-order valence-corrected chi connectivity index (χ0v) is 10.5. The van der Waals surface area contributed by atoms with Crippen LogP contribution in [0.3, 0.4) is 0 Å². The smallest absolute Gasteiger partial charge is 0.339 e. The molecule has 2 N–H and O–H groups in total. The summed E-state index contributed by atoms with van der Waals surface area (Å²) in [4.78, 5) is 28.1. The van der Waals surface area contributed by atoms with Gasteiger partial charge in [0.15, 0.2) is 0 Å². The first-order valence-corrected chi connectivity index (χ1v) is 5.73. The molecule has 0 radical (unpaired) electrons. The van der Waals surface area contributed by atoms with Crippen molar-refractivity contribution in [1.29, 1.82) is 0 Å². The lowest BCUT2D eigenvalue weighted by molar-refractivity contribution is -0.119. The van der Waals surface area contributed by atoms with Crippen LogP contribution in [0.4, 0.5) is 5.69 Å². The molecule has 1 rings (SSSR count). The van der Waals surface area contributed by atoms with Crippen LogP contribution in [0, 0.1) is 0 Å². The summed E-state index contributed by atoms with van der Waals surface area (Å²) < 4.78 is 0. The number of nitrogens with zero attached hydrogens (tertiary/aromatic N) is 2. The van der Waals surface area contributed by atoms with Crippen LogP contribution in [0.25, 0.3) is 0 Å². The summed E-state index contributed by atoms with van der Waals surface area (Å²) in [5.41, 5.74) is 0.623. The average Bonchev–Trinajstić information content (AvgIpc) is 2.38. The fourth-order valence-electron chi connectivity index (χ4n) is 1.63. The summed E-state index contributed by atoms with van der Waals surface area (Å²) in [7, 11) is 1.55. The second-order valence-electron chi connectivity index (χ2n) is 3.79. The van der Waals surface area contributed by atoms with Gasteiger partial charge in [0.2, 0.25) is 5.91 Å². The van der Waals surface area contributed by atoms with E-state index in [-0.39, 0.29) is 18.0 Å². The van der Waals surface area contributed by atoms with Gasteiger partial charge in [-0.05, 0) is 12.5 Å². The van der Waals surface area contributed by atoms with Crippen LogP contribution in [0.5, 0.6) is 0 Å². The summed E-state index contributed by atoms with van der Waals surface area (Å²) in [6.45, 7) is 2.71. The Kier molecular flexibility index (Phi) is 5.10. The number of hydrogen-bond donors (Lipinski definition) is 2. The predicted molar refractivity (Wildman–Crippen MR) is 67.8 cm³/mol. The molecule has 0 aliphatic heterocycles. The van der Waals surface area contributed by atoms with Gasteiger partial charge in [-0.2, -0.15) is 0 Å². The van der Waals surface area contributed by atoms with E-state index in [1.165, 1.54) is 12.4 Å². The number of carbonyl (C=O) groups excluding carboxylic acids is 1. The zero-order chi connectivity index (χ0) is 13.5. The molecule has 6 nitrogen and oxygen atoms in total. The quantitative estimate of drug-likeness (QED) is 0.779. The Morgan fingerprint density at radius 1 is 1.50 bits per heavy atom. The van der Waals surface area contributed by atoms with Gasteiger partial charge < -0.3 is 15.3 Å². The first kappa shape index (κ1) is 14.0. The van der Waals surface area contributed by atoms with Crippen molar-refractivity contribution < 1.29 is 14.7 Å². The highest BCUT2D eigenvalue weighted by molar-refractivity contribution is 5.95. The minimum absolute atomic E-state index is 0.106. The highest BCUT2D eigenvalue weighted by Gasteiger charge is 2.17. The number of hydrogen-bond acceptors (Lipinski definition) is 4. The highest BCUT2D eigenvalue weighted by Crippen LogP contribution is 2.19. The number of carbonyl (C=O) groups is 2. The molecule has 0 atom stereocenters. The minimum Gasteiger partial charge on any atom is -0.478 e. The van der Waals surface area contributed by atoms with Crippen LogP contribution < -0.4 is 10.2 Å². The van der Waals surface area contributed by atoms with E-state index in [9.17, 15) is 9.59 Å². The Balaban J connectivity index is 3.04. The molecule has 0 bridgehead atoms. The maximum atomic E-state index is 11.4. The molecule has 6 heteroatoms. The van der Waals surface area contributed by atoms with Gasteiger partial charge >= 0.3 is 5.97 Å². The van der Waals surface area contributed by atoms with Crippen molar-refractivity contribution in [3.8, 4) is 0 Å². The summed E-state index contributed by atoms with van der Waals surface area (Å²) in [6, 6.07) is 1.61. The van der Waals surface area contributed by atoms with Crippen molar-refractivity contribution in [1.82, 2.24) is 10.3 Å². The monoisotopic (exact) mass is 251 g/mol. The number of nitrogens with one attached hydrogen (secondary N) is 1. The third-order valence-corrected chi connectivity index (χ3v) is 2.48. The lowest BCUT2D eigenvalue weighted by atomic mass is 10.2. The normalized spacial score (nSPS) is 9.89. The van der Waals surface area contributed by atoms with E-state index >= 15 is 0 Å². The molecule has 0 spiro atoms. The van der Waals surface area contributed by atoms with Crippen molar-refractivity contribution in [3.63, 3.8) is 0 Å². The molecule has 0 saturated heterocycles. The first-order valence-electron chi connectivity index (χ1n) is 5.73. The minimum atomic E-state index is -1.05. The second kappa shape index (κ2) is 6.58. The van der Waals surface area contributed by atoms with Gasteiger partial charge in [-0.3, -0.25) is 9.78 Å². The van der Waals surface area contributed by atoms with Crippen LogP contribution >= 0.6 is 0 Å². The van der Waals surface area contributed by atoms with E-state index < -0.39 is 5.97 Å². The molecular formula is C12H17N3O3. The third kappa shape index (κ3) is 3.44. The van der Waals surface area contributed by atoms with Crippen LogP contribution in [-0.2, 0) is 4.79 Å². The van der Waals surface area contributed by atoms with Crippen LogP contribution in [-0.4, -0.2) is 42.1 Å². The van der Waals surface area contributed by atoms with E-state index in [1.54, 1.807) is 18.0 Å². The Morgan fingerprint density at radius 2 is 2.22 bits per heavy atom. The van der Waals surface area contributed by atoms with Gasteiger partial charge in [0.05, 0.1) is 12.2 Å². The molecule has 1 amide bonds. The molecule has 0 fully saturated rings. The number of anilines is 1. The van der Waals surface area contributed by atoms with Crippen LogP contribution in [0.15, 0.2) is 18.5 Å². The van der Waals surface area contributed by atoms with E-state index in [1.807, 2.05) is 6.92 Å². The predicted octanol–water partition coefficient (Wildman–Crippen LogP) is 0.742. The SMILES string of the molecule is CCCN(CC(=O)NC)c1ccncc1C(=O)O. The topological polar surface area (TPSA) is 82.5 Å². The maximum absolute atomic E-state index is 11.4. The standard InChI is InChI=1S/C12H17N3O3/c1-3-6-15(8-11(16)13-2)10-4-5-14-7-9(10)12(17)18/h4-5,7H,3,6,8H2,1-2H3,(H,13,16)(H,17,18). The number of rotatable bonds is 6. The highest BCUT2D eigenvalue weighted by atomic mass is 16.4. The van der Waals surface area contributed by atoms with Gasteiger partial charge in [-0.1, -0.05) is 6.92 Å². The molecule has 98 valence electrons. The fraction of sp³-hybridized carbons (Fsp3) is 0.417. The molecule has 18 heavy (non-hydrogen) atoms. The number of likely N-dealkylation sites (N-methyl/N-ethyl adjacent to an activating group) is 1. The Morgan fingerprint density at radius 3 is 2.78 bits per heavy atom. The summed E-state index contributed by atoms with van der Waals surface area (Å²) >= 11 is 0. The lowest BCUT2D eigenvalue weighted by Gasteiger charge is -2.24. The lowest BCUT2D eigenvalue weighted by Crippen LogP contribution is -2.37. The van der Waals surface area contributed by atoms with Crippen molar-refractivity contribution >= 4 is 17.6 Å². The number of amides is 1. The molecule has 1 heterocycles. The largest absolute Gasteiger partial charge is 0.478 e. The Labute approximate surface area is 106 Å². The molecule has 1 aromatic rings. The van der Waals surface area contributed by atoms with E-state index in [0.29, 0.717) is 12.2 Å². The summed E-state index contributed by atoms with van der Waals surface area (Å²) in [5, 5.41) is 11.6. The number of aromatic carboxylic acids is 1. The van der Waals surface area contributed by atoms with Gasteiger partial charge in [0.25, 0.3) is 0 Å². The van der Waals surface area contributed by atoms with Gasteiger partial charge in [0, 0.05) is 26.0 Å². The average molecular weight is 251 g/mol. The Bertz CT molecular complexity index is 434. The molecular weight excluding hydrogens is 234 g/mol. The third-order valence-electron chi connectivity index (χ3n) is 2.48. The molecule has 0 aliphatic rings. The van der Waals surface area contributed by atoms with Gasteiger partial charge in [0.1, 0.15) is 5.56 Å². The second-order valence-corrected chi connectivity index (χ2v) is 3.79. The molecule has 0 aliphatic carbocycles. The molecule has 0 saturated carbocycles. The van der Waals surface area contributed by atoms with Gasteiger partial charge in [-0.15, -0.1) is 0 Å². The van der Waals surface area contributed by atoms with Crippen molar-refractivity contribution in [2.45, 2.75) is 13.3 Å². The van der Waals surface area contributed by atoms with E-state index in [4.69, 9.17) is 5.11 Å². The van der Waals surface area contributed by atoms with Crippen molar-refractivity contribution in [2.24, 2.45) is 0 Å². The van der Waals surface area contributed by atoms with Crippen LogP contribution in [0.2, 0.25) is 0 Å². The molecule has 1 aromatic heterocycles. The maximum Gasteiger partial charge on any atom is 0.339 e. The Hall–Kier alpha value is -2.11. The van der Waals surface area contributed by atoms with Crippen LogP contribution in [0.1, 0.15) is 23.7 Å². The van der Waals surface area contributed by atoms with Gasteiger partial charge in [-0.25, -0.2) is 4.79 Å². The number of carboxylic acid groups (broad SMARTS) is 1. The first-order chi connectivity index (χ1) is 8.60. The number of pyridine rings is 1. The fourth-order valence-corrected chi connectivity index (χ4v) is 1.63. The number of carboxylic acids is 1.